The summed E-state index contributed by atoms with van der Waals surface area (Å²) in [7, 11) is 0. The van der Waals surface area contributed by atoms with E-state index < -0.39 is 0 Å². The van der Waals surface area contributed by atoms with E-state index in [0.717, 1.165) is 24.9 Å². The van der Waals surface area contributed by atoms with Crippen LogP contribution in [-0.4, -0.2) is 11.9 Å². The lowest BCUT2D eigenvalue weighted by Crippen LogP contribution is -2.35. The lowest BCUT2D eigenvalue weighted by molar-refractivity contribution is -0.118. The molecule has 1 aliphatic rings. The Hall–Kier alpha value is -1.51. The number of carbonyl (C=O) groups excluding carboxylic acids is 1. The normalized spacial score (nSPS) is 16.1. The molecule has 0 spiro atoms. The summed E-state index contributed by atoms with van der Waals surface area (Å²) < 4.78 is 0. The lowest BCUT2D eigenvalue weighted by Gasteiger charge is -2.22. The largest absolute Gasteiger partial charge is 0.373 e. The predicted octanol–water partition coefficient (Wildman–Crippen LogP) is 2.24. The van der Waals surface area contributed by atoms with Crippen molar-refractivity contribution < 1.29 is 4.79 Å². The molecule has 0 radical (unpaired) electrons. The van der Waals surface area contributed by atoms with Gasteiger partial charge in [-0.3, -0.25) is 4.79 Å². The first-order chi connectivity index (χ1) is 8.22. The minimum Gasteiger partial charge on any atom is -0.373 e. The monoisotopic (exact) mass is 232 g/mol. The highest BCUT2D eigenvalue weighted by Gasteiger charge is 2.17. The van der Waals surface area contributed by atoms with E-state index in [4.69, 9.17) is 5.73 Å². The van der Waals surface area contributed by atoms with Crippen LogP contribution in [0.5, 0.6) is 0 Å². The average Bonchev–Trinajstić information content (AvgIpc) is 2.35. The zero-order valence-electron chi connectivity index (χ0n) is 10.3. The molecule has 0 heterocycles. The number of hydrogen-bond acceptors (Lipinski definition) is 2. The standard InChI is InChI=1S/C14H20N2O/c1-2-12(14(15)17)16-13-9-5-7-10-6-3-4-8-11(10)13/h5,7,9,12,16H,2-4,6,8H2,1H3,(H2,15,17). The molecule has 0 fully saturated rings. The molecule has 0 saturated heterocycles. The van der Waals surface area contributed by atoms with Gasteiger partial charge in [0.2, 0.25) is 5.91 Å². The second-order valence-electron chi connectivity index (χ2n) is 4.66. The number of anilines is 1. The van der Waals surface area contributed by atoms with Crippen LogP contribution in [0.3, 0.4) is 0 Å². The van der Waals surface area contributed by atoms with Crippen LogP contribution in [0.15, 0.2) is 18.2 Å². The molecular weight excluding hydrogens is 212 g/mol. The SMILES string of the molecule is CCC(Nc1cccc2c1CCCC2)C(N)=O. The minimum atomic E-state index is -0.277. The molecule has 1 atom stereocenters. The summed E-state index contributed by atoms with van der Waals surface area (Å²) in [5, 5.41) is 3.28. The molecule has 1 unspecified atom stereocenters. The molecule has 3 nitrogen and oxygen atoms in total. The maximum absolute atomic E-state index is 11.3. The third kappa shape index (κ3) is 2.60. The van der Waals surface area contributed by atoms with Gasteiger partial charge in [-0.2, -0.15) is 0 Å². The van der Waals surface area contributed by atoms with E-state index in [1.807, 2.05) is 6.92 Å². The van der Waals surface area contributed by atoms with Crippen LogP contribution >= 0.6 is 0 Å². The summed E-state index contributed by atoms with van der Waals surface area (Å²) in [6.45, 7) is 1.97. The van der Waals surface area contributed by atoms with Crippen LogP contribution in [0, 0.1) is 0 Å². The number of benzene rings is 1. The first-order valence-corrected chi connectivity index (χ1v) is 6.39. The van der Waals surface area contributed by atoms with Gasteiger partial charge < -0.3 is 11.1 Å². The zero-order chi connectivity index (χ0) is 12.3. The van der Waals surface area contributed by atoms with Gasteiger partial charge in [0.15, 0.2) is 0 Å². The molecular formula is C14H20N2O. The summed E-state index contributed by atoms with van der Waals surface area (Å²) in [5.41, 5.74) is 9.25. The van der Waals surface area contributed by atoms with Gasteiger partial charge in [0, 0.05) is 5.69 Å². The first-order valence-electron chi connectivity index (χ1n) is 6.39. The third-order valence-corrected chi connectivity index (χ3v) is 3.48. The molecule has 1 amide bonds. The smallest absolute Gasteiger partial charge is 0.239 e. The van der Waals surface area contributed by atoms with Gasteiger partial charge in [-0.25, -0.2) is 0 Å². The summed E-state index contributed by atoms with van der Waals surface area (Å²) in [6, 6.07) is 6.03. The van der Waals surface area contributed by atoms with Gasteiger partial charge in [-0.1, -0.05) is 19.1 Å². The van der Waals surface area contributed by atoms with E-state index in [2.05, 4.69) is 23.5 Å². The number of amides is 1. The van der Waals surface area contributed by atoms with E-state index in [1.165, 1.54) is 24.0 Å². The van der Waals surface area contributed by atoms with Crippen LogP contribution in [0.1, 0.15) is 37.3 Å². The molecule has 1 aliphatic carbocycles. The fourth-order valence-electron chi connectivity index (χ4n) is 2.48. The van der Waals surface area contributed by atoms with Crippen LogP contribution in [0.25, 0.3) is 0 Å². The topological polar surface area (TPSA) is 55.1 Å². The Morgan fingerprint density at radius 3 is 2.88 bits per heavy atom. The van der Waals surface area contributed by atoms with Crippen molar-refractivity contribution in [2.45, 2.75) is 45.1 Å². The first kappa shape index (κ1) is 12.0. The molecule has 0 aromatic heterocycles. The van der Waals surface area contributed by atoms with Crippen molar-refractivity contribution in [2.75, 3.05) is 5.32 Å². The molecule has 3 heteroatoms. The van der Waals surface area contributed by atoms with E-state index in [9.17, 15) is 4.79 Å². The maximum atomic E-state index is 11.3. The summed E-state index contributed by atoms with van der Waals surface area (Å²) in [5.74, 6) is -0.277. The number of primary amides is 1. The van der Waals surface area contributed by atoms with Crippen molar-refractivity contribution in [1.82, 2.24) is 0 Å². The van der Waals surface area contributed by atoms with Crippen molar-refractivity contribution in [1.29, 1.82) is 0 Å². The molecule has 92 valence electrons. The van der Waals surface area contributed by atoms with Crippen LogP contribution < -0.4 is 11.1 Å². The van der Waals surface area contributed by atoms with Crippen LogP contribution in [-0.2, 0) is 17.6 Å². The summed E-state index contributed by atoms with van der Waals surface area (Å²) in [6.07, 6.45) is 5.48. The number of aryl methyl sites for hydroxylation is 1. The predicted molar refractivity (Wildman–Crippen MR) is 70.0 cm³/mol. The number of carbonyl (C=O) groups is 1. The van der Waals surface area contributed by atoms with Crippen LogP contribution in [0.2, 0.25) is 0 Å². The van der Waals surface area contributed by atoms with Crippen molar-refractivity contribution in [2.24, 2.45) is 5.73 Å². The summed E-state index contributed by atoms with van der Waals surface area (Å²) in [4.78, 5) is 11.3. The van der Waals surface area contributed by atoms with Gasteiger partial charge in [-0.05, 0) is 49.3 Å². The van der Waals surface area contributed by atoms with Gasteiger partial charge in [0.25, 0.3) is 0 Å². The molecule has 0 bridgehead atoms. The minimum absolute atomic E-state index is 0.261. The number of rotatable bonds is 4. The highest BCUT2D eigenvalue weighted by Crippen LogP contribution is 2.28. The Morgan fingerprint density at radius 1 is 1.41 bits per heavy atom. The quantitative estimate of drug-likeness (QED) is 0.836. The average molecular weight is 232 g/mol. The molecule has 1 aromatic carbocycles. The van der Waals surface area contributed by atoms with Crippen LogP contribution in [0.4, 0.5) is 5.69 Å². The second kappa shape index (κ2) is 5.21. The molecule has 17 heavy (non-hydrogen) atoms. The van der Waals surface area contributed by atoms with Crippen molar-refractivity contribution in [3.8, 4) is 0 Å². The highest BCUT2D eigenvalue weighted by atomic mass is 16.1. The number of fused-ring (bicyclic) bond motifs is 1. The Labute approximate surface area is 102 Å². The van der Waals surface area contributed by atoms with E-state index in [-0.39, 0.29) is 11.9 Å². The molecule has 0 aliphatic heterocycles. The second-order valence-corrected chi connectivity index (χ2v) is 4.66. The van der Waals surface area contributed by atoms with Gasteiger partial charge >= 0.3 is 0 Å². The number of hydrogen-bond donors (Lipinski definition) is 2. The van der Waals surface area contributed by atoms with Gasteiger partial charge in [-0.15, -0.1) is 0 Å². The fourth-order valence-corrected chi connectivity index (χ4v) is 2.48. The number of nitrogens with two attached hydrogens (primary N) is 1. The Morgan fingerprint density at radius 2 is 2.18 bits per heavy atom. The van der Waals surface area contributed by atoms with E-state index in [1.54, 1.807) is 0 Å². The summed E-state index contributed by atoms with van der Waals surface area (Å²) >= 11 is 0. The molecule has 2 rings (SSSR count). The Kier molecular flexibility index (Phi) is 3.67. The molecule has 1 aromatic rings. The van der Waals surface area contributed by atoms with Gasteiger partial charge in [0.1, 0.15) is 6.04 Å². The van der Waals surface area contributed by atoms with Crippen molar-refractivity contribution >= 4 is 11.6 Å². The fraction of sp³-hybridized carbons (Fsp3) is 0.500. The van der Waals surface area contributed by atoms with Crippen molar-refractivity contribution in [3.05, 3.63) is 29.3 Å². The Bertz CT molecular complexity index is 415. The van der Waals surface area contributed by atoms with Crippen molar-refractivity contribution in [3.63, 3.8) is 0 Å². The van der Waals surface area contributed by atoms with E-state index in [0.29, 0.717) is 0 Å². The van der Waals surface area contributed by atoms with E-state index >= 15 is 0 Å². The third-order valence-electron chi connectivity index (χ3n) is 3.48. The van der Waals surface area contributed by atoms with Gasteiger partial charge in [0.05, 0.1) is 0 Å². The molecule has 0 saturated carbocycles. The molecule has 3 N–H and O–H groups in total. The highest BCUT2D eigenvalue weighted by molar-refractivity contribution is 5.83. The lowest BCUT2D eigenvalue weighted by atomic mass is 9.90. The number of nitrogens with one attached hydrogen (secondary N) is 1. The Balaban J connectivity index is 2.23. The maximum Gasteiger partial charge on any atom is 0.239 e. The zero-order valence-corrected chi connectivity index (χ0v) is 10.3.